The first-order valence-electron chi connectivity index (χ1n) is 8.82. The van der Waals surface area contributed by atoms with Crippen LogP contribution in [-0.4, -0.2) is 32.7 Å². The van der Waals surface area contributed by atoms with Crippen LogP contribution >= 0.6 is 0 Å². The molecule has 0 atom stereocenters. The second-order valence-corrected chi connectivity index (χ2v) is 6.56. The summed E-state index contributed by atoms with van der Waals surface area (Å²) in [5, 5.41) is 10.1. The molecular formula is C20H19N5. The van der Waals surface area contributed by atoms with Crippen LogP contribution in [0.2, 0.25) is 0 Å². The minimum Gasteiger partial charge on any atom is -0.342 e. The Balaban J connectivity index is 1.74. The molecule has 124 valence electrons. The minimum absolute atomic E-state index is 0.753. The highest BCUT2D eigenvalue weighted by Crippen LogP contribution is 2.26. The lowest BCUT2D eigenvalue weighted by Crippen LogP contribution is -2.23. The molecule has 4 aromatic rings. The van der Waals surface area contributed by atoms with Gasteiger partial charge in [-0.1, -0.05) is 42.5 Å². The Hall–Kier alpha value is -2.95. The molecule has 2 aromatic carbocycles. The van der Waals surface area contributed by atoms with Gasteiger partial charge in [-0.25, -0.2) is 9.38 Å². The minimum atomic E-state index is 0.753. The lowest BCUT2D eigenvalue weighted by molar-refractivity contribution is 0.850. The molecule has 1 saturated heterocycles. The van der Waals surface area contributed by atoms with Crippen molar-refractivity contribution in [3.05, 3.63) is 66.0 Å². The summed E-state index contributed by atoms with van der Waals surface area (Å²) in [5.74, 6) is 1.92. The Bertz CT molecular complexity index is 1030. The van der Waals surface area contributed by atoms with Gasteiger partial charge in [-0.2, -0.15) is 0 Å². The van der Waals surface area contributed by atoms with Crippen LogP contribution in [0.25, 0.3) is 16.6 Å². The third-order valence-corrected chi connectivity index (χ3v) is 4.89. The van der Waals surface area contributed by atoms with Gasteiger partial charge in [0.2, 0.25) is 5.95 Å². The third kappa shape index (κ3) is 2.43. The average molecular weight is 329 g/mol. The molecular weight excluding hydrogens is 310 g/mol. The molecule has 1 aliphatic heterocycles. The van der Waals surface area contributed by atoms with Crippen molar-refractivity contribution in [1.29, 1.82) is 0 Å². The number of aromatic nitrogens is 4. The van der Waals surface area contributed by atoms with E-state index in [1.54, 1.807) is 0 Å². The van der Waals surface area contributed by atoms with E-state index >= 15 is 0 Å². The van der Waals surface area contributed by atoms with Gasteiger partial charge in [0.15, 0.2) is 5.65 Å². The molecule has 0 bridgehead atoms. The zero-order valence-electron chi connectivity index (χ0n) is 14.0. The van der Waals surface area contributed by atoms with E-state index in [0.717, 1.165) is 47.8 Å². The Kier molecular flexibility index (Phi) is 3.37. The molecule has 0 spiro atoms. The molecule has 5 nitrogen and oxygen atoms in total. The fourth-order valence-electron chi connectivity index (χ4n) is 3.64. The summed E-state index contributed by atoms with van der Waals surface area (Å²) in [6.07, 6.45) is 3.18. The SMILES string of the molecule is c1ccc(Cc2nnc3c4ccccc4nc(N4CCCC4)n23)cc1. The van der Waals surface area contributed by atoms with E-state index < -0.39 is 0 Å². The van der Waals surface area contributed by atoms with Gasteiger partial charge in [-0.3, -0.25) is 0 Å². The molecule has 0 N–H and O–H groups in total. The fourth-order valence-corrected chi connectivity index (χ4v) is 3.64. The molecule has 3 heterocycles. The molecule has 1 aliphatic rings. The van der Waals surface area contributed by atoms with Gasteiger partial charge in [0.25, 0.3) is 0 Å². The quantitative estimate of drug-likeness (QED) is 0.577. The number of anilines is 1. The average Bonchev–Trinajstić information content (AvgIpc) is 3.33. The van der Waals surface area contributed by atoms with Crippen molar-refractivity contribution in [2.75, 3.05) is 18.0 Å². The number of rotatable bonds is 3. The summed E-state index contributed by atoms with van der Waals surface area (Å²) in [5.41, 5.74) is 3.12. The van der Waals surface area contributed by atoms with Gasteiger partial charge in [0.1, 0.15) is 5.82 Å². The van der Waals surface area contributed by atoms with E-state index in [1.165, 1.54) is 18.4 Å². The Morgan fingerprint density at radius 1 is 0.840 bits per heavy atom. The normalized spacial score (nSPS) is 14.6. The summed E-state index contributed by atoms with van der Waals surface area (Å²) in [6, 6.07) is 18.6. The van der Waals surface area contributed by atoms with Gasteiger partial charge < -0.3 is 4.90 Å². The maximum absolute atomic E-state index is 4.97. The number of benzene rings is 2. The summed E-state index contributed by atoms with van der Waals surface area (Å²) in [7, 11) is 0. The zero-order chi connectivity index (χ0) is 16.6. The second-order valence-electron chi connectivity index (χ2n) is 6.56. The van der Waals surface area contributed by atoms with Crippen LogP contribution in [0, 0.1) is 0 Å². The van der Waals surface area contributed by atoms with Gasteiger partial charge in [0, 0.05) is 24.9 Å². The Morgan fingerprint density at radius 3 is 2.44 bits per heavy atom. The highest BCUT2D eigenvalue weighted by molar-refractivity contribution is 5.92. The van der Waals surface area contributed by atoms with Crippen molar-refractivity contribution in [2.45, 2.75) is 19.3 Å². The van der Waals surface area contributed by atoms with Crippen LogP contribution in [0.1, 0.15) is 24.2 Å². The smallest absolute Gasteiger partial charge is 0.213 e. The summed E-state index contributed by atoms with van der Waals surface area (Å²) in [6.45, 7) is 2.09. The van der Waals surface area contributed by atoms with Crippen molar-refractivity contribution < 1.29 is 0 Å². The first kappa shape index (κ1) is 14.4. The molecule has 0 amide bonds. The third-order valence-electron chi connectivity index (χ3n) is 4.89. The molecule has 25 heavy (non-hydrogen) atoms. The molecule has 0 saturated carbocycles. The molecule has 0 radical (unpaired) electrons. The van der Waals surface area contributed by atoms with Crippen LogP contribution in [-0.2, 0) is 6.42 Å². The highest BCUT2D eigenvalue weighted by atomic mass is 15.4. The molecule has 2 aromatic heterocycles. The van der Waals surface area contributed by atoms with Crippen molar-refractivity contribution in [3.8, 4) is 0 Å². The Morgan fingerprint density at radius 2 is 1.60 bits per heavy atom. The summed E-state index contributed by atoms with van der Waals surface area (Å²) >= 11 is 0. The first-order chi connectivity index (χ1) is 12.4. The topological polar surface area (TPSA) is 46.3 Å². The predicted molar refractivity (Wildman–Crippen MR) is 99.0 cm³/mol. The monoisotopic (exact) mass is 329 g/mol. The number of fused-ring (bicyclic) bond motifs is 3. The Labute approximate surface area is 145 Å². The largest absolute Gasteiger partial charge is 0.342 e. The number of hydrogen-bond donors (Lipinski definition) is 0. The maximum atomic E-state index is 4.97. The van der Waals surface area contributed by atoms with E-state index in [1.807, 2.05) is 18.2 Å². The maximum Gasteiger partial charge on any atom is 0.213 e. The van der Waals surface area contributed by atoms with E-state index in [9.17, 15) is 0 Å². The van der Waals surface area contributed by atoms with Gasteiger partial charge in [-0.15, -0.1) is 10.2 Å². The highest BCUT2D eigenvalue weighted by Gasteiger charge is 2.21. The summed E-state index contributed by atoms with van der Waals surface area (Å²) < 4.78 is 2.15. The van der Waals surface area contributed by atoms with Crippen molar-refractivity contribution in [1.82, 2.24) is 19.6 Å². The van der Waals surface area contributed by atoms with Gasteiger partial charge in [-0.05, 0) is 30.5 Å². The fraction of sp³-hybridized carbons (Fsp3) is 0.250. The van der Waals surface area contributed by atoms with Gasteiger partial charge in [0.05, 0.1) is 5.52 Å². The zero-order valence-corrected chi connectivity index (χ0v) is 14.0. The molecule has 5 rings (SSSR count). The lowest BCUT2D eigenvalue weighted by Gasteiger charge is -2.19. The van der Waals surface area contributed by atoms with Crippen molar-refractivity contribution >= 4 is 22.5 Å². The molecule has 0 unspecified atom stereocenters. The van der Waals surface area contributed by atoms with E-state index in [-0.39, 0.29) is 0 Å². The summed E-state index contributed by atoms with van der Waals surface area (Å²) in [4.78, 5) is 7.33. The van der Waals surface area contributed by atoms with Crippen molar-refractivity contribution in [2.24, 2.45) is 0 Å². The van der Waals surface area contributed by atoms with Gasteiger partial charge >= 0.3 is 0 Å². The molecule has 5 heteroatoms. The van der Waals surface area contributed by atoms with Crippen LogP contribution < -0.4 is 4.90 Å². The van der Waals surface area contributed by atoms with E-state index in [4.69, 9.17) is 4.98 Å². The standard InChI is InChI=1S/C20H19N5/c1-2-8-15(9-3-1)14-18-22-23-19-16-10-4-5-11-17(16)21-20(25(18)19)24-12-6-7-13-24/h1-5,8-11H,6-7,12-14H2. The van der Waals surface area contributed by atoms with Crippen LogP contribution in [0.5, 0.6) is 0 Å². The van der Waals surface area contributed by atoms with E-state index in [0.29, 0.717) is 0 Å². The number of hydrogen-bond acceptors (Lipinski definition) is 4. The number of nitrogens with zero attached hydrogens (tertiary/aromatic N) is 5. The first-order valence-corrected chi connectivity index (χ1v) is 8.82. The van der Waals surface area contributed by atoms with Crippen LogP contribution in [0.3, 0.4) is 0 Å². The lowest BCUT2D eigenvalue weighted by atomic mass is 10.1. The van der Waals surface area contributed by atoms with Crippen LogP contribution in [0.15, 0.2) is 54.6 Å². The second kappa shape index (κ2) is 5.84. The molecule has 1 fully saturated rings. The predicted octanol–water partition coefficient (Wildman–Crippen LogP) is 3.47. The van der Waals surface area contributed by atoms with Crippen molar-refractivity contribution in [3.63, 3.8) is 0 Å². The van der Waals surface area contributed by atoms with E-state index in [2.05, 4.69) is 55.9 Å². The number of para-hydroxylation sites is 1. The van der Waals surface area contributed by atoms with Crippen LogP contribution in [0.4, 0.5) is 5.95 Å². The molecule has 0 aliphatic carbocycles.